The van der Waals surface area contributed by atoms with Crippen molar-refractivity contribution in [2.45, 2.75) is 12.8 Å². The van der Waals surface area contributed by atoms with Crippen LogP contribution in [0.2, 0.25) is 0 Å². The number of hydrogen-bond acceptors (Lipinski definition) is 4. The second kappa shape index (κ2) is 6.21. The minimum atomic E-state index is -0.322. The van der Waals surface area contributed by atoms with Crippen molar-refractivity contribution in [3.05, 3.63) is 33.9 Å². The molecule has 0 aromatic heterocycles. The molecule has 1 aromatic carbocycles. The summed E-state index contributed by atoms with van der Waals surface area (Å²) in [6, 6.07) is 5.26. The van der Waals surface area contributed by atoms with Crippen molar-refractivity contribution >= 4 is 23.0 Å². The average Bonchev–Trinajstić information content (AvgIpc) is 2.46. The Kier molecular flexibility index (Phi) is 4.61. The number of benzene rings is 1. The SMILES string of the molecule is CCN1CCN(c2ccc(CCl)cc2[N+](=O)[O-])CC1. The van der Waals surface area contributed by atoms with Gasteiger partial charge in [0.15, 0.2) is 0 Å². The molecule has 0 atom stereocenters. The maximum Gasteiger partial charge on any atom is 0.292 e. The molecule has 0 radical (unpaired) electrons. The predicted octanol–water partition coefficient (Wildman–Crippen LogP) is 2.48. The van der Waals surface area contributed by atoms with E-state index in [9.17, 15) is 10.1 Å². The third-order valence-electron chi connectivity index (χ3n) is 3.55. The summed E-state index contributed by atoms with van der Waals surface area (Å²) >= 11 is 5.74. The van der Waals surface area contributed by atoms with E-state index in [0.717, 1.165) is 38.3 Å². The third kappa shape index (κ3) is 3.16. The lowest BCUT2D eigenvalue weighted by Gasteiger charge is -2.35. The maximum absolute atomic E-state index is 11.2. The fourth-order valence-corrected chi connectivity index (χ4v) is 2.54. The van der Waals surface area contributed by atoms with Gasteiger partial charge in [0.25, 0.3) is 5.69 Å². The normalized spacial score (nSPS) is 16.6. The van der Waals surface area contributed by atoms with E-state index in [1.807, 2.05) is 12.1 Å². The summed E-state index contributed by atoms with van der Waals surface area (Å²) in [4.78, 5) is 15.3. The van der Waals surface area contributed by atoms with Crippen LogP contribution in [0.3, 0.4) is 0 Å². The molecule has 1 aliphatic rings. The summed E-state index contributed by atoms with van der Waals surface area (Å²) < 4.78 is 0. The number of nitrogens with zero attached hydrogens (tertiary/aromatic N) is 3. The van der Waals surface area contributed by atoms with E-state index in [4.69, 9.17) is 11.6 Å². The molecule has 2 rings (SSSR count). The van der Waals surface area contributed by atoms with Crippen molar-refractivity contribution in [1.82, 2.24) is 4.90 Å². The van der Waals surface area contributed by atoms with Crippen LogP contribution >= 0.6 is 11.6 Å². The van der Waals surface area contributed by atoms with Crippen molar-refractivity contribution in [2.75, 3.05) is 37.6 Å². The van der Waals surface area contributed by atoms with Crippen LogP contribution in [0.4, 0.5) is 11.4 Å². The molecule has 0 bridgehead atoms. The summed E-state index contributed by atoms with van der Waals surface area (Å²) in [5.74, 6) is 0.296. The average molecular weight is 284 g/mol. The number of halogens is 1. The monoisotopic (exact) mass is 283 g/mol. The van der Waals surface area contributed by atoms with Gasteiger partial charge in [0.1, 0.15) is 5.69 Å². The Hall–Kier alpha value is -1.33. The largest absolute Gasteiger partial charge is 0.363 e. The Morgan fingerprint density at radius 3 is 2.53 bits per heavy atom. The van der Waals surface area contributed by atoms with Gasteiger partial charge in [-0.05, 0) is 18.2 Å². The summed E-state index contributed by atoms with van der Waals surface area (Å²) in [6.07, 6.45) is 0. The highest BCUT2D eigenvalue weighted by molar-refractivity contribution is 6.17. The van der Waals surface area contributed by atoms with E-state index < -0.39 is 0 Å². The summed E-state index contributed by atoms with van der Waals surface area (Å²) in [7, 11) is 0. The lowest BCUT2D eigenvalue weighted by atomic mass is 10.1. The lowest BCUT2D eigenvalue weighted by molar-refractivity contribution is -0.384. The zero-order chi connectivity index (χ0) is 13.8. The Morgan fingerprint density at radius 1 is 1.32 bits per heavy atom. The quantitative estimate of drug-likeness (QED) is 0.484. The smallest absolute Gasteiger partial charge is 0.292 e. The van der Waals surface area contributed by atoms with Crippen molar-refractivity contribution in [3.63, 3.8) is 0 Å². The first-order valence-corrected chi connectivity index (χ1v) is 6.99. The van der Waals surface area contributed by atoms with Gasteiger partial charge in [0, 0.05) is 38.1 Å². The van der Waals surface area contributed by atoms with E-state index >= 15 is 0 Å². The Balaban J connectivity index is 2.22. The lowest BCUT2D eigenvalue weighted by Crippen LogP contribution is -2.46. The van der Waals surface area contributed by atoms with E-state index in [1.165, 1.54) is 0 Å². The minimum Gasteiger partial charge on any atom is -0.363 e. The fraction of sp³-hybridized carbons (Fsp3) is 0.538. The van der Waals surface area contributed by atoms with Crippen molar-refractivity contribution < 1.29 is 4.92 Å². The highest BCUT2D eigenvalue weighted by Gasteiger charge is 2.23. The van der Waals surface area contributed by atoms with Crippen LogP contribution in [-0.2, 0) is 5.88 Å². The van der Waals surface area contributed by atoms with Crippen molar-refractivity contribution in [2.24, 2.45) is 0 Å². The molecule has 1 heterocycles. The summed E-state index contributed by atoms with van der Waals surface area (Å²) in [5, 5.41) is 11.2. The zero-order valence-electron chi connectivity index (χ0n) is 11.0. The molecule has 0 unspecified atom stereocenters. The summed E-state index contributed by atoms with van der Waals surface area (Å²) in [6.45, 7) is 6.72. The van der Waals surface area contributed by atoms with E-state index in [0.29, 0.717) is 11.6 Å². The van der Waals surface area contributed by atoms with Gasteiger partial charge in [-0.2, -0.15) is 0 Å². The number of piperazine rings is 1. The highest BCUT2D eigenvalue weighted by atomic mass is 35.5. The minimum absolute atomic E-state index is 0.156. The number of anilines is 1. The van der Waals surface area contributed by atoms with Gasteiger partial charge in [0.2, 0.25) is 0 Å². The van der Waals surface area contributed by atoms with Gasteiger partial charge in [-0.25, -0.2) is 0 Å². The van der Waals surface area contributed by atoms with Crippen LogP contribution < -0.4 is 4.90 Å². The molecule has 6 heteroatoms. The fourth-order valence-electron chi connectivity index (χ4n) is 2.37. The van der Waals surface area contributed by atoms with Gasteiger partial charge >= 0.3 is 0 Å². The summed E-state index contributed by atoms with van der Waals surface area (Å²) in [5.41, 5.74) is 1.64. The van der Waals surface area contributed by atoms with Crippen molar-refractivity contribution in [1.29, 1.82) is 0 Å². The molecule has 1 aromatic rings. The number of nitro benzene ring substituents is 1. The molecule has 5 nitrogen and oxygen atoms in total. The molecular formula is C13H18ClN3O2. The van der Waals surface area contributed by atoms with Gasteiger partial charge in [-0.3, -0.25) is 10.1 Å². The van der Waals surface area contributed by atoms with Gasteiger partial charge < -0.3 is 9.80 Å². The van der Waals surface area contributed by atoms with E-state index in [1.54, 1.807) is 6.07 Å². The molecular weight excluding hydrogens is 266 g/mol. The maximum atomic E-state index is 11.2. The number of rotatable bonds is 4. The zero-order valence-corrected chi connectivity index (χ0v) is 11.8. The van der Waals surface area contributed by atoms with Crippen LogP contribution in [0.25, 0.3) is 0 Å². The predicted molar refractivity (Wildman–Crippen MR) is 77.0 cm³/mol. The Bertz CT molecular complexity index is 459. The second-order valence-corrected chi connectivity index (χ2v) is 4.90. The molecule has 1 fully saturated rings. The Morgan fingerprint density at radius 2 is 2.00 bits per heavy atom. The van der Waals surface area contributed by atoms with E-state index in [-0.39, 0.29) is 10.6 Å². The van der Waals surface area contributed by atoms with Crippen LogP contribution in [0, 0.1) is 10.1 Å². The van der Waals surface area contributed by atoms with Crippen molar-refractivity contribution in [3.8, 4) is 0 Å². The van der Waals surface area contributed by atoms with E-state index in [2.05, 4.69) is 16.7 Å². The first-order chi connectivity index (χ1) is 9.15. The first kappa shape index (κ1) is 14.1. The molecule has 104 valence electrons. The van der Waals surface area contributed by atoms with Crippen LogP contribution in [0.5, 0.6) is 0 Å². The molecule has 0 aliphatic carbocycles. The Labute approximate surface area is 117 Å². The standard InChI is InChI=1S/C13H18ClN3O2/c1-2-15-5-7-16(8-6-15)12-4-3-11(10-14)9-13(12)17(18)19/h3-4,9H,2,5-8,10H2,1H3. The number of alkyl halides is 1. The second-order valence-electron chi connectivity index (χ2n) is 4.64. The van der Waals surface area contributed by atoms with Gasteiger partial charge in [0.05, 0.1) is 4.92 Å². The number of hydrogen-bond donors (Lipinski definition) is 0. The van der Waals surface area contributed by atoms with Crippen LogP contribution in [0.1, 0.15) is 12.5 Å². The topological polar surface area (TPSA) is 49.6 Å². The molecule has 1 aliphatic heterocycles. The number of likely N-dealkylation sites (N-methyl/N-ethyl adjacent to an activating group) is 1. The highest BCUT2D eigenvalue weighted by Crippen LogP contribution is 2.30. The molecule has 0 saturated carbocycles. The van der Waals surface area contributed by atoms with Gasteiger partial charge in [-0.15, -0.1) is 11.6 Å². The number of nitro groups is 1. The van der Waals surface area contributed by atoms with Crippen LogP contribution in [-0.4, -0.2) is 42.5 Å². The molecule has 1 saturated heterocycles. The molecule has 0 spiro atoms. The van der Waals surface area contributed by atoms with Gasteiger partial charge in [-0.1, -0.05) is 13.0 Å². The molecule has 0 amide bonds. The first-order valence-electron chi connectivity index (χ1n) is 6.46. The van der Waals surface area contributed by atoms with Crippen LogP contribution in [0.15, 0.2) is 18.2 Å². The molecule has 0 N–H and O–H groups in total. The molecule has 19 heavy (non-hydrogen) atoms. The third-order valence-corrected chi connectivity index (χ3v) is 3.86.